The van der Waals surface area contributed by atoms with Crippen molar-refractivity contribution in [1.82, 2.24) is 0 Å². The van der Waals surface area contributed by atoms with Crippen molar-refractivity contribution in [2.75, 3.05) is 19.0 Å². The first-order valence-electron chi connectivity index (χ1n) is 6.18. The average Bonchev–Trinajstić information content (AvgIpc) is 2.37. The van der Waals surface area contributed by atoms with Crippen LogP contribution in [0, 0.1) is 0 Å². The molecule has 0 radical (unpaired) electrons. The van der Waals surface area contributed by atoms with Gasteiger partial charge in [-0.3, -0.25) is 4.79 Å². The monoisotopic (exact) mass is 284 g/mol. The summed E-state index contributed by atoms with van der Waals surface area (Å²) in [7, 11) is 0. The molecule has 1 aromatic carbocycles. The topological polar surface area (TPSA) is 55.8 Å². The minimum atomic E-state index is -0.807. The molecule has 0 unspecified atom stereocenters. The standard InChI is InChI=1S/C14H20O4S/c1-4-17-11-5-7-12(8-6-11)18-9-10-19-14(2,3)13(15)16/h5-8H,4,9-10H2,1-3H3,(H,15,16). The Hall–Kier alpha value is -1.36. The highest BCUT2D eigenvalue weighted by Crippen LogP contribution is 2.24. The van der Waals surface area contributed by atoms with E-state index in [-0.39, 0.29) is 0 Å². The van der Waals surface area contributed by atoms with E-state index in [1.165, 1.54) is 11.8 Å². The Balaban J connectivity index is 2.31. The van der Waals surface area contributed by atoms with Gasteiger partial charge < -0.3 is 14.6 Å². The molecule has 0 spiro atoms. The molecule has 1 rings (SSSR count). The molecule has 106 valence electrons. The maximum Gasteiger partial charge on any atom is 0.319 e. The van der Waals surface area contributed by atoms with Gasteiger partial charge in [-0.15, -0.1) is 11.8 Å². The Bertz CT molecular complexity index is 400. The quantitative estimate of drug-likeness (QED) is 0.744. The van der Waals surface area contributed by atoms with Crippen molar-refractivity contribution in [3.8, 4) is 11.5 Å². The molecule has 0 atom stereocenters. The Morgan fingerprint density at radius 2 is 1.74 bits per heavy atom. The number of carboxylic acid groups (broad SMARTS) is 1. The highest BCUT2D eigenvalue weighted by atomic mass is 32.2. The zero-order chi connectivity index (χ0) is 14.3. The van der Waals surface area contributed by atoms with Gasteiger partial charge in [-0.05, 0) is 45.0 Å². The van der Waals surface area contributed by atoms with Gasteiger partial charge in [0, 0.05) is 5.75 Å². The molecule has 4 nitrogen and oxygen atoms in total. The van der Waals surface area contributed by atoms with Crippen LogP contribution < -0.4 is 9.47 Å². The summed E-state index contributed by atoms with van der Waals surface area (Å²) in [6.45, 7) is 6.44. The summed E-state index contributed by atoms with van der Waals surface area (Å²) in [5.41, 5.74) is 0. The molecule has 0 heterocycles. The number of rotatable bonds is 8. The van der Waals surface area contributed by atoms with Crippen molar-refractivity contribution < 1.29 is 19.4 Å². The Kier molecular flexibility index (Phi) is 6.02. The number of benzene rings is 1. The number of hydrogen-bond donors (Lipinski definition) is 1. The maximum absolute atomic E-state index is 10.9. The lowest BCUT2D eigenvalue weighted by Gasteiger charge is -2.18. The van der Waals surface area contributed by atoms with Crippen LogP contribution in [0.4, 0.5) is 0 Å². The van der Waals surface area contributed by atoms with Gasteiger partial charge in [0.05, 0.1) is 13.2 Å². The first-order chi connectivity index (χ1) is 8.95. The fourth-order valence-corrected chi connectivity index (χ4v) is 2.12. The third-order valence-corrected chi connectivity index (χ3v) is 3.73. The van der Waals surface area contributed by atoms with Crippen LogP contribution in [0.1, 0.15) is 20.8 Å². The zero-order valence-corrected chi connectivity index (χ0v) is 12.3. The third kappa shape index (κ3) is 5.42. The molecule has 19 heavy (non-hydrogen) atoms. The van der Waals surface area contributed by atoms with E-state index in [1.807, 2.05) is 31.2 Å². The van der Waals surface area contributed by atoms with Crippen molar-refractivity contribution in [2.45, 2.75) is 25.5 Å². The molecule has 0 aliphatic heterocycles. The molecular formula is C14H20O4S. The number of carbonyl (C=O) groups is 1. The largest absolute Gasteiger partial charge is 0.494 e. The second kappa shape index (κ2) is 7.28. The van der Waals surface area contributed by atoms with E-state index in [9.17, 15) is 4.79 Å². The molecule has 0 saturated carbocycles. The zero-order valence-electron chi connectivity index (χ0n) is 11.5. The highest BCUT2D eigenvalue weighted by Gasteiger charge is 2.27. The summed E-state index contributed by atoms with van der Waals surface area (Å²) in [6, 6.07) is 7.40. The van der Waals surface area contributed by atoms with Crippen molar-refractivity contribution in [3.63, 3.8) is 0 Å². The van der Waals surface area contributed by atoms with E-state index >= 15 is 0 Å². The van der Waals surface area contributed by atoms with E-state index < -0.39 is 10.7 Å². The van der Waals surface area contributed by atoms with Gasteiger partial charge in [0.1, 0.15) is 16.2 Å². The van der Waals surface area contributed by atoms with E-state index in [0.717, 1.165) is 11.5 Å². The Morgan fingerprint density at radius 3 is 2.21 bits per heavy atom. The molecule has 0 bridgehead atoms. The van der Waals surface area contributed by atoms with Gasteiger partial charge in [-0.1, -0.05) is 0 Å². The van der Waals surface area contributed by atoms with Gasteiger partial charge in [0.15, 0.2) is 0 Å². The van der Waals surface area contributed by atoms with Crippen LogP contribution in [0.15, 0.2) is 24.3 Å². The maximum atomic E-state index is 10.9. The average molecular weight is 284 g/mol. The highest BCUT2D eigenvalue weighted by molar-refractivity contribution is 8.01. The molecule has 0 fully saturated rings. The van der Waals surface area contributed by atoms with Gasteiger partial charge >= 0.3 is 5.97 Å². The summed E-state index contributed by atoms with van der Waals surface area (Å²) in [4.78, 5) is 10.9. The number of thioether (sulfide) groups is 1. The molecular weight excluding hydrogens is 264 g/mol. The van der Waals surface area contributed by atoms with E-state index in [2.05, 4.69) is 0 Å². The minimum Gasteiger partial charge on any atom is -0.494 e. The lowest BCUT2D eigenvalue weighted by molar-refractivity contribution is -0.138. The molecule has 0 saturated heterocycles. The number of aliphatic carboxylic acids is 1. The van der Waals surface area contributed by atoms with Crippen molar-refractivity contribution in [2.24, 2.45) is 0 Å². The number of ether oxygens (including phenoxy) is 2. The SMILES string of the molecule is CCOc1ccc(OCCSC(C)(C)C(=O)O)cc1. The van der Waals surface area contributed by atoms with Crippen molar-refractivity contribution in [3.05, 3.63) is 24.3 Å². The van der Waals surface area contributed by atoms with Crippen LogP contribution in [-0.2, 0) is 4.79 Å². The van der Waals surface area contributed by atoms with E-state index in [1.54, 1.807) is 13.8 Å². The van der Waals surface area contributed by atoms with Gasteiger partial charge in [-0.2, -0.15) is 0 Å². The molecule has 1 N–H and O–H groups in total. The Morgan fingerprint density at radius 1 is 1.21 bits per heavy atom. The summed E-state index contributed by atoms with van der Waals surface area (Å²) >= 11 is 1.37. The van der Waals surface area contributed by atoms with Crippen LogP contribution >= 0.6 is 11.8 Å². The van der Waals surface area contributed by atoms with Crippen molar-refractivity contribution >= 4 is 17.7 Å². The van der Waals surface area contributed by atoms with Crippen LogP contribution in [0.2, 0.25) is 0 Å². The smallest absolute Gasteiger partial charge is 0.319 e. The van der Waals surface area contributed by atoms with E-state index in [4.69, 9.17) is 14.6 Å². The van der Waals surface area contributed by atoms with E-state index in [0.29, 0.717) is 19.0 Å². The fourth-order valence-electron chi connectivity index (χ4n) is 1.32. The lowest BCUT2D eigenvalue weighted by atomic mass is 10.2. The number of carboxylic acids is 1. The minimum absolute atomic E-state index is 0.482. The molecule has 0 aliphatic rings. The van der Waals surface area contributed by atoms with Crippen LogP contribution in [0.25, 0.3) is 0 Å². The fraction of sp³-hybridized carbons (Fsp3) is 0.500. The summed E-state index contributed by atoms with van der Waals surface area (Å²) in [6.07, 6.45) is 0. The summed E-state index contributed by atoms with van der Waals surface area (Å²) in [5.74, 6) is 1.40. The predicted molar refractivity (Wildman–Crippen MR) is 77.3 cm³/mol. The molecule has 5 heteroatoms. The molecule has 0 aliphatic carbocycles. The van der Waals surface area contributed by atoms with Gasteiger partial charge in [0.25, 0.3) is 0 Å². The van der Waals surface area contributed by atoms with Crippen molar-refractivity contribution in [1.29, 1.82) is 0 Å². The van der Waals surface area contributed by atoms with Crippen LogP contribution in [-0.4, -0.2) is 34.8 Å². The summed E-state index contributed by atoms with van der Waals surface area (Å²) in [5, 5.41) is 8.96. The van der Waals surface area contributed by atoms with Gasteiger partial charge in [0.2, 0.25) is 0 Å². The van der Waals surface area contributed by atoms with Crippen LogP contribution in [0.5, 0.6) is 11.5 Å². The summed E-state index contributed by atoms with van der Waals surface area (Å²) < 4.78 is 10.1. The second-order valence-electron chi connectivity index (χ2n) is 4.42. The Labute approximate surface area is 118 Å². The first-order valence-corrected chi connectivity index (χ1v) is 7.17. The molecule has 1 aromatic rings. The molecule has 0 amide bonds. The second-order valence-corrected chi connectivity index (χ2v) is 6.13. The van der Waals surface area contributed by atoms with Gasteiger partial charge in [-0.25, -0.2) is 0 Å². The molecule has 0 aromatic heterocycles. The first kappa shape index (κ1) is 15.7. The predicted octanol–water partition coefficient (Wildman–Crippen LogP) is 3.06. The lowest BCUT2D eigenvalue weighted by Crippen LogP contribution is -2.28. The third-order valence-electron chi connectivity index (χ3n) is 2.46. The van der Waals surface area contributed by atoms with Crippen LogP contribution in [0.3, 0.4) is 0 Å². The normalized spacial score (nSPS) is 11.1. The number of hydrogen-bond acceptors (Lipinski definition) is 4.